The number of piperidine rings is 1. The van der Waals surface area contributed by atoms with E-state index in [1.165, 1.54) is 43.4 Å². The Kier molecular flexibility index (Phi) is 7.17. The highest BCUT2D eigenvalue weighted by Gasteiger charge is 2.42. The number of hydrogen-bond donors (Lipinski definition) is 1. The SMILES string of the molecule is NC(CC(=O)N1CCC(Cc2cccs2)(C2CCCCC2)CC1)c1ccc(Cl)cc1. The van der Waals surface area contributed by atoms with Crippen LogP contribution < -0.4 is 5.73 Å². The fraction of sp³-hybridized carbons (Fsp3) is 0.560. The monoisotopic (exact) mass is 444 g/mol. The average Bonchev–Trinajstić information content (AvgIpc) is 3.28. The molecule has 2 heterocycles. The largest absolute Gasteiger partial charge is 0.343 e. The van der Waals surface area contributed by atoms with Crippen molar-refractivity contribution < 1.29 is 4.79 Å². The van der Waals surface area contributed by atoms with Gasteiger partial charge < -0.3 is 10.6 Å². The quantitative estimate of drug-likeness (QED) is 0.574. The molecule has 2 aromatic rings. The number of halogens is 1. The first kappa shape index (κ1) is 21.9. The third-order valence-electron chi connectivity index (χ3n) is 7.38. The van der Waals surface area contributed by atoms with Gasteiger partial charge in [-0.15, -0.1) is 11.3 Å². The molecule has 1 saturated heterocycles. The molecule has 0 bridgehead atoms. The fourth-order valence-corrected chi connectivity index (χ4v) is 6.54. The van der Waals surface area contributed by atoms with Crippen molar-refractivity contribution in [2.24, 2.45) is 17.1 Å². The molecule has 1 aromatic carbocycles. The first-order chi connectivity index (χ1) is 14.6. The van der Waals surface area contributed by atoms with Gasteiger partial charge in [0.15, 0.2) is 0 Å². The molecule has 30 heavy (non-hydrogen) atoms. The van der Waals surface area contributed by atoms with E-state index >= 15 is 0 Å². The van der Waals surface area contributed by atoms with Gasteiger partial charge in [0, 0.05) is 35.5 Å². The number of amides is 1. The van der Waals surface area contributed by atoms with Crippen molar-refractivity contribution in [3.05, 3.63) is 57.2 Å². The van der Waals surface area contributed by atoms with Crippen molar-refractivity contribution >= 4 is 28.8 Å². The van der Waals surface area contributed by atoms with Crippen LogP contribution in [0.15, 0.2) is 41.8 Å². The molecule has 5 heteroatoms. The Morgan fingerprint density at radius 3 is 2.47 bits per heavy atom. The van der Waals surface area contributed by atoms with Crippen molar-refractivity contribution in [3.8, 4) is 0 Å². The minimum Gasteiger partial charge on any atom is -0.343 e. The molecule has 0 radical (unpaired) electrons. The molecule has 162 valence electrons. The van der Waals surface area contributed by atoms with E-state index in [1.54, 1.807) is 0 Å². The summed E-state index contributed by atoms with van der Waals surface area (Å²) in [5.41, 5.74) is 7.66. The van der Waals surface area contributed by atoms with Crippen LogP contribution in [0.25, 0.3) is 0 Å². The first-order valence-corrected chi connectivity index (χ1v) is 12.6. The van der Waals surface area contributed by atoms with Gasteiger partial charge >= 0.3 is 0 Å². The first-order valence-electron chi connectivity index (χ1n) is 11.4. The molecule has 0 spiro atoms. The molecular weight excluding hydrogens is 412 g/mol. The maximum atomic E-state index is 13.0. The fourth-order valence-electron chi connectivity index (χ4n) is 5.55. The number of nitrogens with two attached hydrogens (primary N) is 1. The third-order valence-corrected chi connectivity index (χ3v) is 8.51. The van der Waals surface area contributed by atoms with Crippen LogP contribution in [0.5, 0.6) is 0 Å². The van der Waals surface area contributed by atoms with Gasteiger partial charge in [0.1, 0.15) is 0 Å². The average molecular weight is 445 g/mol. The minimum absolute atomic E-state index is 0.186. The van der Waals surface area contributed by atoms with Crippen molar-refractivity contribution in [2.45, 2.75) is 63.8 Å². The smallest absolute Gasteiger partial charge is 0.224 e. The van der Waals surface area contributed by atoms with E-state index in [2.05, 4.69) is 22.4 Å². The lowest BCUT2D eigenvalue weighted by molar-refractivity contribution is -0.134. The molecule has 1 unspecified atom stereocenters. The lowest BCUT2D eigenvalue weighted by atomic mass is 9.62. The summed E-state index contributed by atoms with van der Waals surface area (Å²) in [6, 6.07) is 11.7. The number of rotatable bonds is 6. The van der Waals surface area contributed by atoms with Gasteiger partial charge in [0.25, 0.3) is 0 Å². The molecule has 1 saturated carbocycles. The second-order valence-corrected chi connectivity index (χ2v) is 10.7. The van der Waals surface area contributed by atoms with Gasteiger partial charge in [-0.25, -0.2) is 0 Å². The number of nitrogens with zero attached hydrogens (tertiary/aromatic N) is 1. The Hall–Kier alpha value is -1.36. The Morgan fingerprint density at radius 1 is 1.13 bits per heavy atom. The van der Waals surface area contributed by atoms with Crippen molar-refractivity contribution in [2.75, 3.05) is 13.1 Å². The Bertz CT molecular complexity index is 806. The van der Waals surface area contributed by atoms with E-state index < -0.39 is 0 Å². The summed E-state index contributed by atoms with van der Waals surface area (Å²) < 4.78 is 0. The van der Waals surface area contributed by atoms with Gasteiger partial charge in [-0.2, -0.15) is 0 Å². The highest BCUT2D eigenvalue weighted by molar-refractivity contribution is 7.09. The number of thiophene rings is 1. The van der Waals surface area contributed by atoms with Gasteiger partial charge in [-0.05, 0) is 72.6 Å². The van der Waals surface area contributed by atoms with E-state index in [9.17, 15) is 4.79 Å². The summed E-state index contributed by atoms with van der Waals surface area (Å²) in [5, 5.41) is 2.89. The normalized spacial score (nSPS) is 20.8. The summed E-state index contributed by atoms with van der Waals surface area (Å²) in [7, 11) is 0. The van der Waals surface area contributed by atoms with E-state index in [-0.39, 0.29) is 11.9 Å². The molecule has 1 amide bonds. The maximum Gasteiger partial charge on any atom is 0.224 e. The standard InChI is InChI=1S/C25H33ClN2OS/c26-21-10-8-19(9-11-21)23(27)17-24(29)28-14-12-25(13-15-28,18-22-7-4-16-30-22)20-5-2-1-3-6-20/h4,7-11,16,20,23H,1-3,5-6,12-15,17-18,27H2. The Labute approximate surface area is 189 Å². The number of hydrogen-bond acceptors (Lipinski definition) is 3. The summed E-state index contributed by atoms with van der Waals surface area (Å²) in [5.74, 6) is 0.993. The minimum atomic E-state index is -0.272. The van der Waals surface area contributed by atoms with E-state index in [1.807, 2.05) is 35.6 Å². The summed E-state index contributed by atoms with van der Waals surface area (Å²) in [6.45, 7) is 1.74. The van der Waals surface area contributed by atoms with Crippen LogP contribution in [0.2, 0.25) is 5.02 Å². The second-order valence-electron chi connectivity index (χ2n) is 9.20. The molecule has 1 atom stereocenters. The highest BCUT2D eigenvalue weighted by atomic mass is 35.5. The maximum absolute atomic E-state index is 13.0. The zero-order valence-corrected chi connectivity index (χ0v) is 19.3. The van der Waals surface area contributed by atoms with Crippen LogP contribution in [-0.2, 0) is 11.2 Å². The molecule has 1 aliphatic heterocycles. The molecule has 1 aliphatic carbocycles. The van der Waals surface area contributed by atoms with E-state index in [0.29, 0.717) is 16.9 Å². The molecule has 3 nitrogen and oxygen atoms in total. The Morgan fingerprint density at radius 2 is 1.83 bits per heavy atom. The van der Waals surface area contributed by atoms with Crippen LogP contribution in [0.4, 0.5) is 0 Å². The van der Waals surface area contributed by atoms with Crippen molar-refractivity contribution in [3.63, 3.8) is 0 Å². The van der Waals surface area contributed by atoms with Crippen LogP contribution in [0.3, 0.4) is 0 Å². The summed E-state index contributed by atoms with van der Waals surface area (Å²) in [4.78, 5) is 16.5. The number of carbonyl (C=O) groups is 1. The molecule has 1 aromatic heterocycles. The van der Waals surface area contributed by atoms with Crippen LogP contribution in [-0.4, -0.2) is 23.9 Å². The molecular formula is C25H33ClN2OS. The second kappa shape index (κ2) is 9.84. The zero-order chi connectivity index (χ0) is 21.0. The predicted molar refractivity (Wildman–Crippen MR) is 126 cm³/mol. The van der Waals surface area contributed by atoms with Crippen molar-refractivity contribution in [1.82, 2.24) is 4.90 Å². The number of likely N-dealkylation sites (tertiary alicyclic amines) is 1. The lowest BCUT2D eigenvalue weighted by Gasteiger charge is -2.48. The van der Waals surface area contributed by atoms with Gasteiger partial charge in [0.2, 0.25) is 5.91 Å². The number of carbonyl (C=O) groups excluding carboxylic acids is 1. The van der Waals surface area contributed by atoms with Crippen LogP contribution in [0, 0.1) is 11.3 Å². The zero-order valence-electron chi connectivity index (χ0n) is 17.7. The molecule has 2 aliphatic rings. The van der Waals surface area contributed by atoms with Crippen LogP contribution >= 0.6 is 22.9 Å². The van der Waals surface area contributed by atoms with E-state index in [0.717, 1.165) is 37.4 Å². The van der Waals surface area contributed by atoms with Crippen LogP contribution in [0.1, 0.15) is 67.8 Å². The van der Waals surface area contributed by atoms with Gasteiger partial charge in [0.05, 0.1) is 0 Å². The molecule has 2 fully saturated rings. The highest BCUT2D eigenvalue weighted by Crippen LogP contribution is 2.48. The summed E-state index contributed by atoms with van der Waals surface area (Å²) in [6.07, 6.45) is 10.6. The predicted octanol–water partition coefficient (Wildman–Crippen LogP) is 6.22. The third kappa shape index (κ3) is 5.09. The number of benzene rings is 1. The Balaban J connectivity index is 1.39. The van der Waals surface area contributed by atoms with Gasteiger partial charge in [-0.1, -0.05) is 49.1 Å². The van der Waals surface area contributed by atoms with E-state index in [4.69, 9.17) is 17.3 Å². The van der Waals surface area contributed by atoms with Gasteiger partial charge in [-0.3, -0.25) is 4.79 Å². The lowest BCUT2D eigenvalue weighted by Crippen LogP contribution is -2.48. The van der Waals surface area contributed by atoms with Crippen molar-refractivity contribution in [1.29, 1.82) is 0 Å². The summed E-state index contributed by atoms with van der Waals surface area (Å²) >= 11 is 7.86. The molecule has 4 rings (SSSR count). The topological polar surface area (TPSA) is 46.3 Å². The molecule has 2 N–H and O–H groups in total.